The molecule has 2 atom stereocenters. The van der Waals surface area contributed by atoms with Gasteiger partial charge in [0.05, 0.1) is 6.04 Å². The van der Waals surface area contributed by atoms with Crippen LogP contribution in [0.5, 0.6) is 5.88 Å². The molecular formula is C16H17N5O2. The lowest BCUT2D eigenvalue weighted by atomic mass is 10.2. The van der Waals surface area contributed by atoms with Gasteiger partial charge in [-0.15, -0.1) is 0 Å². The lowest BCUT2D eigenvalue weighted by molar-refractivity contribution is 0.0680. The van der Waals surface area contributed by atoms with E-state index in [1.165, 1.54) is 6.33 Å². The average Bonchev–Trinajstić information content (AvgIpc) is 2.93. The normalized spacial score (nSPS) is 23.9. The van der Waals surface area contributed by atoms with Crippen LogP contribution in [0.25, 0.3) is 0 Å². The molecule has 1 saturated heterocycles. The van der Waals surface area contributed by atoms with Gasteiger partial charge < -0.3 is 9.64 Å². The Kier molecular flexibility index (Phi) is 3.42. The van der Waals surface area contributed by atoms with Gasteiger partial charge in [-0.25, -0.2) is 15.0 Å². The van der Waals surface area contributed by atoms with E-state index in [0.717, 1.165) is 25.2 Å². The molecule has 7 nitrogen and oxygen atoms in total. The van der Waals surface area contributed by atoms with E-state index in [4.69, 9.17) is 4.74 Å². The fourth-order valence-electron chi connectivity index (χ4n) is 3.25. The molecular weight excluding hydrogens is 294 g/mol. The minimum atomic E-state index is -0.0790. The van der Waals surface area contributed by atoms with Crippen LogP contribution < -0.4 is 4.74 Å². The molecule has 0 saturated carbocycles. The first-order valence-electron chi connectivity index (χ1n) is 7.57. The fourth-order valence-corrected chi connectivity index (χ4v) is 3.25. The summed E-state index contributed by atoms with van der Waals surface area (Å²) in [7, 11) is 1.83. The van der Waals surface area contributed by atoms with E-state index in [1.807, 2.05) is 19.4 Å². The molecule has 0 unspecified atom stereocenters. The van der Waals surface area contributed by atoms with Gasteiger partial charge in [0.1, 0.15) is 18.0 Å². The molecule has 0 radical (unpaired) electrons. The number of aromatic nitrogens is 3. The highest BCUT2D eigenvalue weighted by molar-refractivity contribution is 5.96. The Morgan fingerprint density at radius 2 is 2.13 bits per heavy atom. The Morgan fingerprint density at radius 3 is 2.96 bits per heavy atom. The first kappa shape index (κ1) is 14.1. The van der Waals surface area contributed by atoms with Gasteiger partial charge in [0.2, 0.25) is 5.88 Å². The van der Waals surface area contributed by atoms with Crippen LogP contribution in [0.2, 0.25) is 0 Å². The number of pyridine rings is 1. The molecule has 2 aliphatic rings. The van der Waals surface area contributed by atoms with Crippen LogP contribution in [0, 0.1) is 0 Å². The van der Waals surface area contributed by atoms with Crippen LogP contribution >= 0.6 is 0 Å². The molecule has 1 fully saturated rings. The average molecular weight is 311 g/mol. The Labute approximate surface area is 133 Å². The van der Waals surface area contributed by atoms with Gasteiger partial charge in [0.15, 0.2) is 0 Å². The zero-order chi connectivity index (χ0) is 15.8. The first-order chi connectivity index (χ1) is 11.2. The smallest absolute Gasteiger partial charge is 0.259 e. The zero-order valence-electron chi connectivity index (χ0n) is 12.8. The number of carbonyl (C=O) groups is 1. The van der Waals surface area contributed by atoms with Gasteiger partial charge in [-0.05, 0) is 12.1 Å². The van der Waals surface area contributed by atoms with E-state index in [0.29, 0.717) is 11.4 Å². The summed E-state index contributed by atoms with van der Waals surface area (Å²) >= 11 is 0. The van der Waals surface area contributed by atoms with Gasteiger partial charge >= 0.3 is 0 Å². The molecule has 0 spiro atoms. The quantitative estimate of drug-likeness (QED) is 0.808. The molecule has 0 bridgehead atoms. The van der Waals surface area contributed by atoms with Gasteiger partial charge in [-0.2, -0.15) is 0 Å². The van der Waals surface area contributed by atoms with Crippen LogP contribution in [0.15, 0.2) is 37.1 Å². The fraction of sp³-hybridized carbons (Fsp3) is 0.375. The second-order valence-corrected chi connectivity index (χ2v) is 5.94. The van der Waals surface area contributed by atoms with Gasteiger partial charge in [-0.1, -0.05) is 0 Å². The number of likely N-dealkylation sites (tertiary alicyclic amines) is 1. The highest BCUT2D eigenvalue weighted by atomic mass is 16.5. The molecule has 1 amide bonds. The molecule has 4 rings (SSSR count). The van der Waals surface area contributed by atoms with Crippen molar-refractivity contribution in [3.8, 4) is 5.88 Å². The maximum Gasteiger partial charge on any atom is 0.259 e. The Bertz CT molecular complexity index is 723. The van der Waals surface area contributed by atoms with Crippen LogP contribution in [-0.4, -0.2) is 62.9 Å². The molecule has 4 heterocycles. The topological polar surface area (TPSA) is 71.5 Å². The largest absolute Gasteiger partial charge is 0.470 e. The van der Waals surface area contributed by atoms with E-state index >= 15 is 0 Å². The minimum absolute atomic E-state index is 0.0151. The number of amides is 1. The highest BCUT2D eigenvalue weighted by Crippen LogP contribution is 2.29. The summed E-state index contributed by atoms with van der Waals surface area (Å²) in [5.41, 5.74) is 1.59. The Balaban J connectivity index is 1.57. The van der Waals surface area contributed by atoms with Crippen molar-refractivity contribution in [1.82, 2.24) is 24.8 Å². The molecule has 0 aromatic carbocycles. The first-order valence-corrected chi connectivity index (χ1v) is 7.57. The molecule has 23 heavy (non-hydrogen) atoms. The summed E-state index contributed by atoms with van der Waals surface area (Å²) in [6.07, 6.45) is 6.72. The predicted molar refractivity (Wildman–Crippen MR) is 81.8 cm³/mol. The van der Waals surface area contributed by atoms with Crippen molar-refractivity contribution in [2.45, 2.75) is 18.7 Å². The summed E-state index contributed by atoms with van der Waals surface area (Å²) in [5.74, 6) is 0.396. The standard InChI is InChI=1S/C16H17N5O2/c1-20-13-8-21(7-11-5-17-10-18-6-11)9-14(13)23-15-12(16(20)22)3-2-4-19-15/h2-6,10,13-14H,7-9H2,1H3/t13-,14+/m1/s1. The Morgan fingerprint density at radius 1 is 1.30 bits per heavy atom. The van der Waals surface area contributed by atoms with Crippen molar-refractivity contribution in [2.24, 2.45) is 0 Å². The van der Waals surface area contributed by atoms with Gasteiger partial charge in [-0.3, -0.25) is 9.69 Å². The summed E-state index contributed by atoms with van der Waals surface area (Å²) in [4.78, 5) is 29.0. The van der Waals surface area contributed by atoms with E-state index in [2.05, 4.69) is 19.9 Å². The van der Waals surface area contributed by atoms with E-state index in [1.54, 1.807) is 23.2 Å². The maximum absolute atomic E-state index is 12.6. The lowest BCUT2D eigenvalue weighted by Crippen LogP contribution is -2.44. The summed E-state index contributed by atoms with van der Waals surface area (Å²) < 4.78 is 6.04. The van der Waals surface area contributed by atoms with Crippen molar-refractivity contribution in [3.63, 3.8) is 0 Å². The van der Waals surface area contributed by atoms with Crippen molar-refractivity contribution in [3.05, 3.63) is 48.2 Å². The van der Waals surface area contributed by atoms with E-state index < -0.39 is 0 Å². The second kappa shape index (κ2) is 5.58. The third kappa shape index (κ3) is 2.53. The number of carbonyl (C=O) groups excluding carboxylic acids is 1. The third-order valence-electron chi connectivity index (χ3n) is 4.42. The van der Waals surface area contributed by atoms with Gasteiger partial charge in [0.25, 0.3) is 5.91 Å². The summed E-state index contributed by atoms with van der Waals surface area (Å²) in [6.45, 7) is 2.25. The number of hydrogen-bond acceptors (Lipinski definition) is 6. The number of hydrogen-bond donors (Lipinski definition) is 0. The molecule has 2 aromatic rings. The van der Waals surface area contributed by atoms with Crippen molar-refractivity contribution < 1.29 is 9.53 Å². The lowest BCUT2D eigenvalue weighted by Gasteiger charge is -2.25. The Hall–Kier alpha value is -2.54. The molecule has 118 valence electrons. The van der Waals surface area contributed by atoms with Crippen molar-refractivity contribution in [1.29, 1.82) is 0 Å². The summed E-state index contributed by atoms with van der Waals surface area (Å²) in [6, 6.07) is 3.54. The molecule has 0 N–H and O–H groups in total. The monoisotopic (exact) mass is 311 g/mol. The van der Waals surface area contributed by atoms with E-state index in [9.17, 15) is 4.79 Å². The second-order valence-electron chi connectivity index (χ2n) is 5.94. The summed E-state index contributed by atoms with van der Waals surface area (Å²) in [5, 5.41) is 0. The SMILES string of the molecule is CN1C(=O)c2cccnc2O[C@H]2CN(Cc3cncnc3)C[C@H]21. The number of likely N-dealkylation sites (N-methyl/N-ethyl adjacent to an activating group) is 1. The van der Waals surface area contributed by atoms with Gasteiger partial charge in [0, 0.05) is 50.8 Å². The molecule has 0 aliphatic carbocycles. The number of nitrogens with zero attached hydrogens (tertiary/aromatic N) is 5. The zero-order valence-corrected chi connectivity index (χ0v) is 12.8. The molecule has 2 aliphatic heterocycles. The third-order valence-corrected chi connectivity index (χ3v) is 4.42. The van der Waals surface area contributed by atoms with Crippen molar-refractivity contribution in [2.75, 3.05) is 20.1 Å². The molecule has 2 aromatic heterocycles. The number of fused-ring (bicyclic) bond motifs is 2. The van der Waals surface area contributed by atoms with Crippen LogP contribution in [-0.2, 0) is 6.54 Å². The highest BCUT2D eigenvalue weighted by Gasteiger charge is 2.42. The number of rotatable bonds is 2. The van der Waals surface area contributed by atoms with Crippen molar-refractivity contribution >= 4 is 5.91 Å². The van der Waals surface area contributed by atoms with Crippen LogP contribution in [0.4, 0.5) is 0 Å². The van der Waals surface area contributed by atoms with Crippen LogP contribution in [0.1, 0.15) is 15.9 Å². The molecule has 7 heteroatoms. The number of ether oxygens (including phenoxy) is 1. The van der Waals surface area contributed by atoms with Crippen LogP contribution in [0.3, 0.4) is 0 Å². The predicted octanol–water partition coefficient (Wildman–Crippen LogP) is 0.589. The maximum atomic E-state index is 12.6. The minimum Gasteiger partial charge on any atom is -0.470 e. The van der Waals surface area contributed by atoms with E-state index in [-0.39, 0.29) is 18.1 Å².